The lowest BCUT2D eigenvalue weighted by Crippen LogP contribution is -2.11. The van der Waals surface area contributed by atoms with E-state index in [-0.39, 0.29) is 17.1 Å². The Kier molecular flexibility index (Phi) is 3.83. The number of phenolic OH excluding ortho intramolecular Hbond substituents is 2. The van der Waals surface area contributed by atoms with Gasteiger partial charge in [-0.25, -0.2) is 0 Å². The minimum atomic E-state index is -0.436. The van der Waals surface area contributed by atoms with Crippen LogP contribution in [0.4, 0.5) is 5.69 Å². The van der Waals surface area contributed by atoms with Crippen molar-refractivity contribution in [3.05, 3.63) is 52.0 Å². The molecule has 4 nitrogen and oxygen atoms in total. The van der Waals surface area contributed by atoms with Crippen LogP contribution in [0.5, 0.6) is 11.5 Å². The Labute approximate surface area is 119 Å². The van der Waals surface area contributed by atoms with Crippen molar-refractivity contribution in [3.63, 3.8) is 0 Å². The van der Waals surface area contributed by atoms with Crippen LogP contribution in [0.25, 0.3) is 0 Å². The zero-order valence-electron chi connectivity index (χ0n) is 9.52. The van der Waals surface area contributed by atoms with Gasteiger partial charge in [0, 0.05) is 11.3 Å². The molecule has 2 rings (SSSR count). The maximum atomic E-state index is 11.9. The van der Waals surface area contributed by atoms with Crippen molar-refractivity contribution < 1.29 is 15.0 Å². The van der Waals surface area contributed by atoms with Crippen molar-refractivity contribution >= 4 is 34.8 Å². The molecule has 0 unspecified atom stereocenters. The summed E-state index contributed by atoms with van der Waals surface area (Å²) in [6, 6.07) is 8.48. The largest absolute Gasteiger partial charge is 0.504 e. The van der Waals surface area contributed by atoms with Gasteiger partial charge in [-0.1, -0.05) is 23.2 Å². The highest BCUT2D eigenvalue weighted by atomic mass is 35.5. The van der Waals surface area contributed by atoms with Gasteiger partial charge in [-0.15, -0.1) is 0 Å². The van der Waals surface area contributed by atoms with Crippen LogP contribution >= 0.6 is 23.2 Å². The maximum Gasteiger partial charge on any atom is 0.255 e. The van der Waals surface area contributed by atoms with Crippen LogP contribution in [0.3, 0.4) is 0 Å². The third-order valence-corrected chi connectivity index (χ3v) is 3.15. The van der Waals surface area contributed by atoms with Gasteiger partial charge in [-0.3, -0.25) is 4.79 Å². The molecule has 1 amide bonds. The number of phenols is 2. The van der Waals surface area contributed by atoms with E-state index in [9.17, 15) is 9.90 Å². The first-order valence-electron chi connectivity index (χ1n) is 5.26. The molecule has 2 aromatic carbocycles. The number of halogens is 2. The van der Waals surface area contributed by atoms with Gasteiger partial charge in [0.15, 0.2) is 11.5 Å². The number of hydrogen-bond donors (Lipinski definition) is 3. The van der Waals surface area contributed by atoms with Gasteiger partial charge in [0.05, 0.1) is 10.0 Å². The summed E-state index contributed by atoms with van der Waals surface area (Å²) in [4.78, 5) is 11.9. The monoisotopic (exact) mass is 297 g/mol. The highest BCUT2D eigenvalue weighted by Crippen LogP contribution is 2.27. The first kappa shape index (κ1) is 13.5. The maximum absolute atomic E-state index is 11.9. The minimum Gasteiger partial charge on any atom is -0.504 e. The average Bonchev–Trinajstić information content (AvgIpc) is 2.37. The smallest absolute Gasteiger partial charge is 0.255 e. The number of carbonyl (C=O) groups excluding carboxylic acids is 1. The van der Waals surface area contributed by atoms with E-state index in [1.807, 2.05) is 0 Å². The Morgan fingerprint density at radius 2 is 1.68 bits per heavy atom. The number of rotatable bonds is 2. The average molecular weight is 298 g/mol. The van der Waals surface area contributed by atoms with Crippen LogP contribution in [0.2, 0.25) is 10.0 Å². The third-order valence-electron chi connectivity index (χ3n) is 2.42. The molecule has 6 heteroatoms. The Balaban J connectivity index is 2.20. The molecule has 0 aliphatic carbocycles. The summed E-state index contributed by atoms with van der Waals surface area (Å²) in [5.41, 5.74) is 0.688. The molecule has 0 heterocycles. The van der Waals surface area contributed by atoms with Crippen LogP contribution in [0.1, 0.15) is 10.4 Å². The molecule has 0 saturated heterocycles. The van der Waals surface area contributed by atoms with Crippen LogP contribution in [0.15, 0.2) is 36.4 Å². The van der Waals surface area contributed by atoms with Crippen LogP contribution < -0.4 is 5.32 Å². The first-order valence-corrected chi connectivity index (χ1v) is 6.01. The Hall–Kier alpha value is -1.91. The van der Waals surface area contributed by atoms with E-state index >= 15 is 0 Å². The van der Waals surface area contributed by atoms with E-state index in [0.717, 1.165) is 0 Å². The summed E-state index contributed by atoms with van der Waals surface area (Å²) in [6.45, 7) is 0. The number of anilines is 1. The summed E-state index contributed by atoms with van der Waals surface area (Å²) in [6.07, 6.45) is 0. The van der Waals surface area contributed by atoms with Crippen molar-refractivity contribution in [1.82, 2.24) is 0 Å². The fraction of sp³-hybridized carbons (Fsp3) is 0. The van der Waals surface area contributed by atoms with Crippen molar-refractivity contribution in [2.45, 2.75) is 0 Å². The summed E-state index contributed by atoms with van der Waals surface area (Å²) >= 11 is 11.6. The van der Waals surface area contributed by atoms with Crippen molar-refractivity contribution in [2.75, 3.05) is 5.32 Å². The summed E-state index contributed by atoms with van der Waals surface area (Å²) in [5, 5.41) is 21.8. The fourth-order valence-electron chi connectivity index (χ4n) is 1.44. The molecule has 3 N–H and O–H groups in total. The first-order chi connectivity index (χ1) is 8.97. The van der Waals surface area contributed by atoms with Crippen molar-refractivity contribution in [2.24, 2.45) is 0 Å². The molecule has 0 aromatic heterocycles. The Bertz CT molecular complexity index is 644. The van der Waals surface area contributed by atoms with Crippen LogP contribution in [-0.2, 0) is 0 Å². The standard InChI is InChI=1S/C13H9Cl2NO3/c14-9-3-2-8(6-10(9)15)16-13(19)7-1-4-11(17)12(18)5-7/h1-6,17-18H,(H,16,19). The Morgan fingerprint density at radius 3 is 2.32 bits per heavy atom. The quantitative estimate of drug-likeness (QED) is 0.741. The zero-order chi connectivity index (χ0) is 14.0. The van der Waals surface area contributed by atoms with Gasteiger partial charge in [-0.05, 0) is 36.4 Å². The van der Waals surface area contributed by atoms with Crippen LogP contribution in [0, 0.1) is 0 Å². The van der Waals surface area contributed by atoms with Gasteiger partial charge < -0.3 is 15.5 Å². The molecule has 0 radical (unpaired) electrons. The lowest BCUT2D eigenvalue weighted by molar-refractivity contribution is 0.102. The molecular weight excluding hydrogens is 289 g/mol. The molecule has 0 fully saturated rings. The van der Waals surface area contributed by atoms with Gasteiger partial charge in [0.2, 0.25) is 0 Å². The highest BCUT2D eigenvalue weighted by Gasteiger charge is 2.09. The number of carbonyl (C=O) groups is 1. The molecular formula is C13H9Cl2NO3. The Morgan fingerprint density at radius 1 is 0.947 bits per heavy atom. The molecule has 0 spiro atoms. The lowest BCUT2D eigenvalue weighted by Gasteiger charge is -2.07. The third kappa shape index (κ3) is 3.10. The van der Waals surface area contributed by atoms with Gasteiger partial charge in [0.1, 0.15) is 0 Å². The predicted octanol–water partition coefficient (Wildman–Crippen LogP) is 3.66. The molecule has 0 atom stereocenters. The number of amides is 1. The van der Waals surface area contributed by atoms with E-state index in [2.05, 4.69) is 5.32 Å². The van der Waals surface area contributed by atoms with E-state index in [0.29, 0.717) is 15.7 Å². The molecule has 0 aliphatic heterocycles. The number of aromatic hydroxyl groups is 2. The number of benzene rings is 2. The highest BCUT2D eigenvalue weighted by molar-refractivity contribution is 6.42. The van der Waals surface area contributed by atoms with Crippen molar-refractivity contribution in [1.29, 1.82) is 0 Å². The normalized spacial score (nSPS) is 10.2. The molecule has 98 valence electrons. The predicted molar refractivity (Wildman–Crippen MR) is 74.2 cm³/mol. The molecule has 0 bridgehead atoms. The zero-order valence-corrected chi connectivity index (χ0v) is 11.0. The fourth-order valence-corrected chi connectivity index (χ4v) is 1.74. The van der Waals surface area contributed by atoms with E-state index in [4.69, 9.17) is 28.3 Å². The topological polar surface area (TPSA) is 69.6 Å². The van der Waals surface area contributed by atoms with Gasteiger partial charge in [-0.2, -0.15) is 0 Å². The van der Waals surface area contributed by atoms with Gasteiger partial charge >= 0.3 is 0 Å². The van der Waals surface area contributed by atoms with Crippen LogP contribution in [-0.4, -0.2) is 16.1 Å². The molecule has 0 saturated carbocycles. The lowest BCUT2D eigenvalue weighted by atomic mass is 10.2. The minimum absolute atomic E-state index is 0.210. The van der Waals surface area contributed by atoms with Crippen molar-refractivity contribution in [3.8, 4) is 11.5 Å². The number of hydrogen-bond acceptors (Lipinski definition) is 3. The van der Waals surface area contributed by atoms with E-state index in [1.165, 1.54) is 24.3 Å². The van der Waals surface area contributed by atoms with E-state index < -0.39 is 5.91 Å². The van der Waals surface area contributed by atoms with Gasteiger partial charge in [0.25, 0.3) is 5.91 Å². The molecule has 2 aromatic rings. The summed E-state index contributed by atoms with van der Waals surface area (Å²) < 4.78 is 0. The second-order valence-electron chi connectivity index (χ2n) is 3.79. The second kappa shape index (κ2) is 5.38. The second-order valence-corrected chi connectivity index (χ2v) is 4.60. The van der Waals surface area contributed by atoms with E-state index in [1.54, 1.807) is 12.1 Å². The summed E-state index contributed by atoms with van der Waals surface area (Å²) in [5.74, 6) is -1.08. The number of nitrogens with one attached hydrogen (secondary N) is 1. The SMILES string of the molecule is O=C(Nc1ccc(Cl)c(Cl)c1)c1ccc(O)c(O)c1. The summed E-state index contributed by atoms with van der Waals surface area (Å²) in [7, 11) is 0. The molecule has 19 heavy (non-hydrogen) atoms. The molecule has 0 aliphatic rings.